The first kappa shape index (κ1) is 24.2. The van der Waals surface area contributed by atoms with Crippen LogP contribution in [0.4, 0.5) is 5.69 Å². The number of nitrogens with one attached hydrogen (secondary N) is 2. The van der Waals surface area contributed by atoms with E-state index in [2.05, 4.69) is 58.5 Å². The molecule has 29 heavy (non-hydrogen) atoms. The van der Waals surface area contributed by atoms with Crippen LogP contribution in [0.5, 0.6) is 0 Å². The summed E-state index contributed by atoms with van der Waals surface area (Å²) >= 11 is 0. The maximum absolute atomic E-state index is 5.44. The molecule has 7 nitrogen and oxygen atoms in total. The van der Waals surface area contributed by atoms with Gasteiger partial charge in [0, 0.05) is 51.0 Å². The highest BCUT2D eigenvalue weighted by molar-refractivity contribution is 14.0. The molecular formula is C21H36IN5O2. The number of rotatable bonds is 7. The van der Waals surface area contributed by atoms with Crippen molar-refractivity contribution < 1.29 is 9.47 Å². The molecule has 164 valence electrons. The smallest absolute Gasteiger partial charge is 0.191 e. The molecule has 8 heteroatoms. The number of guanidine groups is 1. The molecule has 0 amide bonds. The lowest BCUT2D eigenvalue weighted by Crippen LogP contribution is -2.49. The Balaban J connectivity index is 0.00000300. The number of halogens is 1. The lowest BCUT2D eigenvalue weighted by atomic mass is 10.2. The topological polar surface area (TPSA) is 61.4 Å². The lowest BCUT2D eigenvalue weighted by Gasteiger charge is -2.32. The molecule has 2 heterocycles. The zero-order chi connectivity index (χ0) is 19.6. The Hall–Kier alpha value is -1.10. The highest BCUT2D eigenvalue weighted by Gasteiger charge is 2.17. The lowest BCUT2D eigenvalue weighted by molar-refractivity contribution is 0.0211. The first-order valence-corrected chi connectivity index (χ1v) is 10.5. The van der Waals surface area contributed by atoms with E-state index in [0.717, 1.165) is 71.7 Å². The van der Waals surface area contributed by atoms with Gasteiger partial charge in [0.05, 0.1) is 33.0 Å². The molecule has 1 aromatic rings. The molecule has 0 radical (unpaired) electrons. The number of nitrogens with zero attached hydrogens (tertiary/aromatic N) is 3. The van der Waals surface area contributed by atoms with Crippen molar-refractivity contribution in [2.45, 2.75) is 26.4 Å². The third-order valence-corrected chi connectivity index (χ3v) is 5.31. The van der Waals surface area contributed by atoms with Gasteiger partial charge in [-0.25, -0.2) is 4.99 Å². The van der Waals surface area contributed by atoms with E-state index in [0.29, 0.717) is 12.6 Å². The number of anilines is 1. The Kier molecular flexibility index (Phi) is 11.0. The summed E-state index contributed by atoms with van der Waals surface area (Å²) in [5, 5.41) is 6.83. The van der Waals surface area contributed by atoms with Crippen molar-refractivity contribution in [1.29, 1.82) is 0 Å². The van der Waals surface area contributed by atoms with E-state index in [-0.39, 0.29) is 24.0 Å². The summed E-state index contributed by atoms with van der Waals surface area (Å²) in [6.45, 7) is 14.0. The van der Waals surface area contributed by atoms with Gasteiger partial charge >= 0.3 is 0 Å². The second kappa shape index (κ2) is 13.3. The van der Waals surface area contributed by atoms with Gasteiger partial charge in [-0.3, -0.25) is 4.90 Å². The van der Waals surface area contributed by atoms with Crippen LogP contribution in [0.15, 0.2) is 29.3 Å². The average molecular weight is 517 g/mol. The molecule has 1 unspecified atom stereocenters. The second-order valence-corrected chi connectivity index (χ2v) is 7.34. The Morgan fingerprint density at radius 3 is 2.24 bits per heavy atom. The maximum Gasteiger partial charge on any atom is 0.191 e. The summed E-state index contributed by atoms with van der Waals surface area (Å²) in [5.74, 6) is 0.875. The van der Waals surface area contributed by atoms with Crippen molar-refractivity contribution in [3.63, 3.8) is 0 Å². The van der Waals surface area contributed by atoms with Gasteiger partial charge in [-0.15, -0.1) is 24.0 Å². The van der Waals surface area contributed by atoms with Gasteiger partial charge in [-0.05, 0) is 31.5 Å². The van der Waals surface area contributed by atoms with Crippen LogP contribution in [0.2, 0.25) is 0 Å². The van der Waals surface area contributed by atoms with E-state index < -0.39 is 0 Å². The average Bonchev–Trinajstić information content (AvgIpc) is 2.77. The van der Waals surface area contributed by atoms with Crippen molar-refractivity contribution in [2.75, 3.05) is 70.6 Å². The largest absolute Gasteiger partial charge is 0.379 e. The van der Waals surface area contributed by atoms with Crippen LogP contribution in [-0.4, -0.2) is 82.6 Å². The number of aliphatic imine (C=N–C) groups is 1. The van der Waals surface area contributed by atoms with Gasteiger partial charge in [-0.2, -0.15) is 0 Å². The molecule has 0 aromatic heterocycles. The second-order valence-electron chi connectivity index (χ2n) is 7.34. The molecule has 2 aliphatic heterocycles. The predicted octanol–water partition coefficient (Wildman–Crippen LogP) is 1.92. The zero-order valence-corrected chi connectivity index (χ0v) is 20.1. The molecule has 0 aliphatic carbocycles. The molecule has 0 spiro atoms. The van der Waals surface area contributed by atoms with Crippen LogP contribution in [0.1, 0.15) is 19.4 Å². The zero-order valence-electron chi connectivity index (χ0n) is 17.7. The van der Waals surface area contributed by atoms with Crippen molar-refractivity contribution in [3.05, 3.63) is 29.8 Å². The summed E-state index contributed by atoms with van der Waals surface area (Å²) in [5.41, 5.74) is 2.48. The van der Waals surface area contributed by atoms with E-state index >= 15 is 0 Å². The van der Waals surface area contributed by atoms with Gasteiger partial charge in [0.25, 0.3) is 0 Å². The normalized spacial score (nSPS) is 19.4. The van der Waals surface area contributed by atoms with Gasteiger partial charge < -0.3 is 25.0 Å². The highest BCUT2D eigenvalue weighted by atomic mass is 127. The fraction of sp³-hybridized carbons (Fsp3) is 0.667. The number of benzene rings is 1. The standard InChI is InChI=1S/C21H35N5O2.HI/c1-3-22-21(23-16-18(2)25-8-12-27-13-9-25)24-17-19-4-6-20(7-5-19)26-10-14-28-15-11-26;/h4-7,18H,3,8-17H2,1-2H3,(H2,22,23,24);1H. The summed E-state index contributed by atoms with van der Waals surface area (Å²) in [4.78, 5) is 9.59. The van der Waals surface area contributed by atoms with E-state index in [1.54, 1.807) is 0 Å². The first-order valence-electron chi connectivity index (χ1n) is 10.5. The third kappa shape index (κ3) is 7.92. The van der Waals surface area contributed by atoms with Crippen molar-refractivity contribution in [2.24, 2.45) is 4.99 Å². The molecule has 1 aromatic carbocycles. The Morgan fingerprint density at radius 2 is 1.62 bits per heavy atom. The molecule has 0 bridgehead atoms. The Morgan fingerprint density at radius 1 is 1.00 bits per heavy atom. The first-order chi connectivity index (χ1) is 13.8. The SMILES string of the molecule is CCNC(=NCc1ccc(N2CCOCC2)cc1)NCC(C)N1CCOCC1.I. The number of ether oxygens (including phenoxy) is 2. The fourth-order valence-corrected chi connectivity index (χ4v) is 3.54. The van der Waals surface area contributed by atoms with Crippen LogP contribution < -0.4 is 15.5 Å². The van der Waals surface area contributed by atoms with Crippen molar-refractivity contribution in [3.8, 4) is 0 Å². The Bertz CT molecular complexity index is 602. The molecule has 2 aliphatic rings. The predicted molar refractivity (Wildman–Crippen MR) is 130 cm³/mol. The van der Waals surface area contributed by atoms with Crippen LogP contribution >= 0.6 is 24.0 Å². The van der Waals surface area contributed by atoms with Crippen LogP contribution in [0.25, 0.3) is 0 Å². The highest BCUT2D eigenvalue weighted by Crippen LogP contribution is 2.17. The fourth-order valence-electron chi connectivity index (χ4n) is 3.54. The van der Waals surface area contributed by atoms with Crippen LogP contribution in [-0.2, 0) is 16.0 Å². The van der Waals surface area contributed by atoms with Crippen molar-refractivity contribution >= 4 is 35.6 Å². The monoisotopic (exact) mass is 517 g/mol. The summed E-state index contributed by atoms with van der Waals surface area (Å²) in [7, 11) is 0. The van der Waals surface area contributed by atoms with E-state index in [1.165, 1.54) is 11.3 Å². The van der Waals surface area contributed by atoms with E-state index in [9.17, 15) is 0 Å². The van der Waals surface area contributed by atoms with Crippen molar-refractivity contribution in [1.82, 2.24) is 15.5 Å². The van der Waals surface area contributed by atoms with Gasteiger partial charge in [0.15, 0.2) is 5.96 Å². The van der Waals surface area contributed by atoms with Gasteiger partial charge in [0.2, 0.25) is 0 Å². The van der Waals surface area contributed by atoms with E-state index in [1.807, 2.05) is 0 Å². The number of hydrogen-bond acceptors (Lipinski definition) is 5. The summed E-state index contributed by atoms with van der Waals surface area (Å²) in [6, 6.07) is 9.19. The quantitative estimate of drug-likeness (QED) is 0.328. The molecule has 2 fully saturated rings. The molecular weight excluding hydrogens is 481 g/mol. The minimum Gasteiger partial charge on any atom is -0.379 e. The van der Waals surface area contributed by atoms with E-state index in [4.69, 9.17) is 14.5 Å². The molecule has 2 N–H and O–H groups in total. The molecule has 3 rings (SSSR count). The number of morpholine rings is 2. The summed E-state index contributed by atoms with van der Waals surface area (Å²) < 4.78 is 10.9. The number of hydrogen-bond donors (Lipinski definition) is 2. The minimum absolute atomic E-state index is 0. The molecule has 0 saturated carbocycles. The maximum atomic E-state index is 5.44. The molecule has 2 saturated heterocycles. The van der Waals surface area contributed by atoms with Gasteiger partial charge in [0.1, 0.15) is 0 Å². The van der Waals surface area contributed by atoms with Crippen LogP contribution in [0, 0.1) is 0 Å². The molecule has 1 atom stereocenters. The van der Waals surface area contributed by atoms with Gasteiger partial charge in [-0.1, -0.05) is 12.1 Å². The third-order valence-electron chi connectivity index (χ3n) is 5.31. The van der Waals surface area contributed by atoms with Crippen LogP contribution in [0.3, 0.4) is 0 Å². The minimum atomic E-state index is 0. The Labute approximate surface area is 192 Å². The summed E-state index contributed by atoms with van der Waals surface area (Å²) in [6.07, 6.45) is 0.